The highest BCUT2D eigenvalue weighted by Crippen LogP contribution is 2.22. The van der Waals surface area contributed by atoms with Crippen LogP contribution in [0.15, 0.2) is 30.5 Å². The number of nitrogens with zero attached hydrogens (tertiary/aromatic N) is 2. The molecule has 0 aliphatic heterocycles. The lowest BCUT2D eigenvalue weighted by Gasteiger charge is -2.18. The number of ether oxygens (including phenoxy) is 2. The smallest absolute Gasteiger partial charge is 0.342 e. The highest BCUT2D eigenvalue weighted by atomic mass is 32.1. The van der Waals surface area contributed by atoms with Crippen molar-refractivity contribution in [1.29, 1.82) is 0 Å². The van der Waals surface area contributed by atoms with E-state index in [0.29, 0.717) is 6.61 Å². The van der Waals surface area contributed by atoms with Gasteiger partial charge in [0.1, 0.15) is 23.6 Å². The minimum Gasteiger partial charge on any atom is -0.507 e. The molecule has 1 heterocycles. The molecule has 6 nitrogen and oxygen atoms in total. The van der Waals surface area contributed by atoms with E-state index >= 15 is 0 Å². The van der Waals surface area contributed by atoms with E-state index in [9.17, 15) is 9.90 Å². The molecule has 2 aromatic rings. The second kappa shape index (κ2) is 18.2. The maximum absolute atomic E-state index is 12.6. The number of aromatic hydroxyl groups is 1. The molecule has 1 unspecified atom stereocenters. The van der Waals surface area contributed by atoms with E-state index in [1.807, 2.05) is 0 Å². The molecule has 190 valence electrons. The number of phenols is 1. The number of phenolic OH excluding ortho intramolecular Hbond substituents is 1. The van der Waals surface area contributed by atoms with Gasteiger partial charge >= 0.3 is 5.97 Å². The summed E-state index contributed by atoms with van der Waals surface area (Å²) in [4.78, 5) is 12.6. The van der Waals surface area contributed by atoms with Gasteiger partial charge in [-0.15, -0.1) is 5.10 Å². The third-order valence-corrected chi connectivity index (χ3v) is 6.61. The van der Waals surface area contributed by atoms with E-state index in [4.69, 9.17) is 9.47 Å². The fourth-order valence-electron chi connectivity index (χ4n) is 4.03. The van der Waals surface area contributed by atoms with Crippen LogP contribution in [0.25, 0.3) is 0 Å². The normalized spacial score (nSPS) is 11.9. The van der Waals surface area contributed by atoms with Crippen molar-refractivity contribution in [2.75, 3.05) is 6.61 Å². The summed E-state index contributed by atoms with van der Waals surface area (Å²) in [5, 5.41) is 14.5. The van der Waals surface area contributed by atoms with Crippen LogP contribution >= 0.6 is 11.5 Å². The van der Waals surface area contributed by atoms with E-state index in [-0.39, 0.29) is 17.4 Å². The second-order valence-corrected chi connectivity index (χ2v) is 9.70. The number of para-hydroxylation sites is 1. The Hall–Kier alpha value is -2.15. The van der Waals surface area contributed by atoms with Crippen molar-refractivity contribution in [2.45, 2.75) is 109 Å². The number of carbonyl (C=O) groups excluding carboxylic acids is 1. The molecule has 34 heavy (non-hydrogen) atoms. The highest BCUT2D eigenvalue weighted by molar-refractivity contribution is 7.07. The molecule has 1 aromatic carbocycles. The molecule has 0 aliphatic rings. The van der Waals surface area contributed by atoms with E-state index < -0.39 is 5.97 Å². The average Bonchev–Trinajstić information content (AvgIpc) is 3.36. The van der Waals surface area contributed by atoms with Gasteiger partial charge in [-0.2, -0.15) is 0 Å². The molecule has 0 fully saturated rings. The zero-order valence-electron chi connectivity index (χ0n) is 20.8. The molecule has 0 bridgehead atoms. The predicted octanol–water partition coefficient (Wildman–Crippen LogP) is 7.72. The van der Waals surface area contributed by atoms with E-state index in [2.05, 4.69) is 16.5 Å². The van der Waals surface area contributed by atoms with Crippen LogP contribution in [0, 0.1) is 0 Å². The average molecular weight is 491 g/mol. The van der Waals surface area contributed by atoms with Gasteiger partial charge in [0, 0.05) is 11.5 Å². The summed E-state index contributed by atoms with van der Waals surface area (Å²) in [6, 6.07) is 6.62. The first-order valence-electron chi connectivity index (χ1n) is 13.1. The maximum Gasteiger partial charge on any atom is 0.342 e. The second-order valence-electron chi connectivity index (χ2n) is 8.95. The number of esters is 1. The molecule has 0 radical (unpaired) electrons. The van der Waals surface area contributed by atoms with E-state index in [1.54, 1.807) is 24.4 Å². The molecule has 0 saturated heterocycles. The monoisotopic (exact) mass is 490 g/mol. The van der Waals surface area contributed by atoms with Crippen LogP contribution in [-0.4, -0.2) is 33.4 Å². The van der Waals surface area contributed by atoms with Gasteiger partial charge in [0.15, 0.2) is 0 Å². The van der Waals surface area contributed by atoms with Crippen LogP contribution < -0.4 is 4.74 Å². The molecule has 1 atom stereocenters. The molecule has 7 heteroatoms. The predicted molar refractivity (Wildman–Crippen MR) is 138 cm³/mol. The number of rotatable bonds is 20. The summed E-state index contributed by atoms with van der Waals surface area (Å²) in [7, 11) is 0. The van der Waals surface area contributed by atoms with Crippen LogP contribution in [0.4, 0.5) is 0 Å². The summed E-state index contributed by atoms with van der Waals surface area (Å²) in [5.74, 6) is -0.431. The zero-order chi connectivity index (χ0) is 24.3. The Morgan fingerprint density at radius 3 is 2.15 bits per heavy atom. The van der Waals surface area contributed by atoms with Crippen LogP contribution in [0.1, 0.15) is 114 Å². The van der Waals surface area contributed by atoms with Crippen LogP contribution in [-0.2, 0) is 4.74 Å². The molecule has 0 spiro atoms. The Labute approximate surface area is 209 Å². The van der Waals surface area contributed by atoms with Crippen molar-refractivity contribution >= 4 is 17.5 Å². The molecule has 2 rings (SSSR count). The number of aromatic nitrogens is 2. The van der Waals surface area contributed by atoms with Gasteiger partial charge in [0.05, 0.1) is 6.61 Å². The number of hydrogen-bond donors (Lipinski definition) is 1. The van der Waals surface area contributed by atoms with Crippen LogP contribution in [0.3, 0.4) is 0 Å². The number of unbranched alkanes of at least 4 members (excludes halogenated alkanes) is 11. The minimum absolute atomic E-state index is 0.0160. The Balaban J connectivity index is 1.63. The lowest BCUT2D eigenvalue weighted by atomic mass is 10.0. The fraction of sp³-hybridized carbons (Fsp3) is 0.667. The first-order valence-corrected chi connectivity index (χ1v) is 13.9. The largest absolute Gasteiger partial charge is 0.507 e. The molecular weight excluding hydrogens is 448 g/mol. The first kappa shape index (κ1) is 28.1. The van der Waals surface area contributed by atoms with Crippen molar-refractivity contribution in [3.63, 3.8) is 0 Å². The van der Waals surface area contributed by atoms with Crippen molar-refractivity contribution in [1.82, 2.24) is 9.59 Å². The first-order chi connectivity index (χ1) is 16.7. The molecule has 0 saturated carbocycles. The lowest BCUT2D eigenvalue weighted by molar-refractivity contribution is 0.0246. The Morgan fingerprint density at radius 1 is 0.912 bits per heavy atom. The van der Waals surface area contributed by atoms with Gasteiger partial charge in [0.25, 0.3) is 0 Å². The van der Waals surface area contributed by atoms with Crippen molar-refractivity contribution in [3.05, 3.63) is 36.0 Å². The summed E-state index contributed by atoms with van der Waals surface area (Å²) in [6.45, 7) is 2.95. The van der Waals surface area contributed by atoms with Gasteiger partial charge in [0.2, 0.25) is 5.06 Å². The SMILES string of the molecule is CCCCCCCCCC(CCCCCCCCOc1cnns1)OC(=O)c1ccccc1O. The van der Waals surface area contributed by atoms with E-state index in [1.165, 1.54) is 69.0 Å². The summed E-state index contributed by atoms with van der Waals surface area (Å²) >= 11 is 1.28. The third-order valence-electron chi connectivity index (χ3n) is 6.03. The van der Waals surface area contributed by atoms with Crippen molar-refractivity contribution in [2.24, 2.45) is 0 Å². The molecule has 1 aromatic heterocycles. The topological polar surface area (TPSA) is 81.5 Å². The molecular formula is C27H42N2O4S. The van der Waals surface area contributed by atoms with Gasteiger partial charge in [-0.3, -0.25) is 0 Å². The van der Waals surface area contributed by atoms with Gasteiger partial charge < -0.3 is 14.6 Å². The van der Waals surface area contributed by atoms with Gasteiger partial charge in [-0.1, -0.05) is 87.8 Å². The molecule has 0 amide bonds. The molecule has 1 N–H and O–H groups in total. The standard InChI is InChI=1S/C27H42N2O4S/c1-2-3-4-5-6-9-12-17-23(33-27(31)24-19-14-15-20-25(24)30)18-13-10-7-8-11-16-21-32-26-22-28-29-34-26/h14-15,19-20,22-23,30H,2-13,16-18,21H2,1H3. The molecule has 0 aliphatic carbocycles. The minimum atomic E-state index is -0.415. The van der Waals surface area contributed by atoms with Crippen LogP contribution in [0.2, 0.25) is 0 Å². The maximum atomic E-state index is 12.6. The number of hydrogen-bond acceptors (Lipinski definition) is 7. The van der Waals surface area contributed by atoms with Crippen molar-refractivity contribution < 1.29 is 19.4 Å². The van der Waals surface area contributed by atoms with Crippen LogP contribution in [0.5, 0.6) is 10.8 Å². The Morgan fingerprint density at radius 2 is 1.53 bits per heavy atom. The van der Waals surface area contributed by atoms with Gasteiger partial charge in [-0.05, 0) is 44.2 Å². The fourth-order valence-corrected chi connectivity index (χ4v) is 4.43. The quantitative estimate of drug-likeness (QED) is 0.151. The lowest BCUT2D eigenvalue weighted by Crippen LogP contribution is -2.18. The van der Waals surface area contributed by atoms with Crippen molar-refractivity contribution in [3.8, 4) is 10.8 Å². The summed E-state index contributed by atoms with van der Waals surface area (Å²) in [5.41, 5.74) is 0.253. The third kappa shape index (κ3) is 12.4. The summed E-state index contributed by atoms with van der Waals surface area (Å²) in [6.07, 6.45) is 18.8. The van der Waals surface area contributed by atoms with Gasteiger partial charge in [-0.25, -0.2) is 4.79 Å². The zero-order valence-corrected chi connectivity index (χ0v) is 21.6. The summed E-state index contributed by atoms with van der Waals surface area (Å²) < 4.78 is 15.2. The Bertz CT molecular complexity index is 770. The Kier molecular flexibility index (Phi) is 15.0. The highest BCUT2D eigenvalue weighted by Gasteiger charge is 2.18. The number of carbonyl (C=O) groups is 1. The van der Waals surface area contributed by atoms with E-state index in [0.717, 1.165) is 50.0 Å². The number of benzene rings is 1.